The van der Waals surface area contributed by atoms with E-state index in [-0.39, 0.29) is 31.6 Å². The van der Waals surface area contributed by atoms with E-state index in [0.717, 1.165) is 10.9 Å². The molecule has 0 saturated carbocycles. The summed E-state index contributed by atoms with van der Waals surface area (Å²) in [6.45, 7) is 4.52. The van der Waals surface area contributed by atoms with Crippen LogP contribution in [0.25, 0.3) is 41.8 Å². The average Bonchev–Trinajstić information content (AvgIpc) is 3.06. The smallest absolute Gasteiger partial charge is 0.158 e. The molecule has 143 valence electrons. The number of pyridine rings is 1. The zero-order chi connectivity index (χ0) is 19.1. The van der Waals surface area contributed by atoms with Gasteiger partial charge in [0.2, 0.25) is 0 Å². The number of carbonyl (C=O) groups is 1. The Bertz CT molecular complexity index is 1250. The molecule has 2 aromatic heterocycles. The molecule has 5 heteroatoms. The van der Waals surface area contributed by atoms with Gasteiger partial charge in [-0.2, -0.15) is 0 Å². The summed E-state index contributed by atoms with van der Waals surface area (Å²) in [6.07, 6.45) is 1.91. The number of aromatic nitrogens is 1. The minimum absolute atomic E-state index is 0. The summed E-state index contributed by atoms with van der Waals surface area (Å²) >= 11 is 1.85. The molecule has 0 aliphatic rings. The van der Waals surface area contributed by atoms with Gasteiger partial charge >= 0.3 is 0 Å². The van der Waals surface area contributed by atoms with E-state index in [0.29, 0.717) is 5.57 Å². The van der Waals surface area contributed by atoms with Crippen molar-refractivity contribution < 1.29 is 30.0 Å². The van der Waals surface area contributed by atoms with Gasteiger partial charge in [0.25, 0.3) is 0 Å². The molecule has 0 atom stereocenters. The van der Waals surface area contributed by atoms with Gasteiger partial charge in [-0.05, 0) is 49.2 Å². The number of hydrogen-bond acceptors (Lipinski definition) is 4. The number of hydrogen-bond donors (Lipinski definition) is 1. The van der Waals surface area contributed by atoms with Crippen LogP contribution in [0.3, 0.4) is 0 Å². The second kappa shape index (κ2) is 7.96. The molecule has 0 amide bonds. The van der Waals surface area contributed by atoms with Crippen LogP contribution in [0, 0.1) is 6.07 Å². The quantitative estimate of drug-likeness (QED) is 0.111. The Morgan fingerprint density at radius 1 is 1.00 bits per heavy atom. The Morgan fingerprint density at radius 3 is 2.39 bits per heavy atom. The minimum atomic E-state index is -0.0787. The number of aliphatic hydroxyl groups is 1. The number of allylic oxidation sites excluding steroid dienone is 2. The van der Waals surface area contributed by atoms with Gasteiger partial charge in [0, 0.05) is 41.3 Å². The van der Waals surface area contributed by atoms with E-state index < -0.39 is 0 Å². The van der Waals surface area contributed by atoms with Crippen LogP contribution in [0.2, 0.25) is 0 Å². The van der Waals surface area contributed by atoms with Crippen molar-refractivity contribution in [2.75, 3.05) is 0 Å². The molecule has 0 fully saturated rings. The zero-order valence-corrected chi connectivity index (χ0v) is 18.9. The number of aliphatic hydroxyl groups excluding tert-OH is 1. The summed E-state index contributed by atoms with van der Waals surface area (Å²) in [5.74, 6) is 0.0301. The van der Waals surface area contributed by atoms with E-state index in [4.69, 9.17) is 5.11 Å². The van der Waals surface area contributed by atoms with Gasteiger partial charge in [-0.15, -0.1) is 41.0 Å². The summed E-state index contributed by atoms with van der Waals surface area (Å²) in [5.41, 5.74) is 1.52. The Morgan fingerprint density at radius 2 is 1.71 bits per heavy atom. The van der Waals surface area contributed by atoms with Crippen LogP contribution >= 0.6 is 11.3 Å². The van der Waals surface area contributed by atoms with Crippen LogP contribution in [-0.4, -0.2) is 15.9 Å². The summed E-state index contributed by atoms with van der Waals surface area (Å²) in [4.78, 5) is 15.0. The van der Waals surface area contributed by atoms with Crippen molar-refractivity contribution in [3.05, 3.63) is 66.1 Å². The molecule has 5 rings (SSSR count). The molecule has 1 radical (unpaired) electrons. The van der Waals surface area contributed by atoms with E-state index in [2.05, 4.69) is 47.4 Å². The van der Waals surface area contributed by atoms with Crippen molar-refractivity contribution in [2.45, 2.75) is 20.8 Å². The molecule has 0 aliphatic carbocycles. The molecule has 3 aromatic carbocycles. The monoisotopic (exact) mass is 565 g/mol. The summed E-state index contributed by atoms with van der Waals surface area (Å²) < 4.78 is 2.66. The van der Waals surface area contributed by atoms with Gasteiger partial charge in [0.05, 0.1) is 5.76 Å². The molecule has 0 saturated heterocycles. The zero-order valence-electron chi connectivity index (χ0n) is 15.7. The Kier molecular flexibility index (Phi) is 5.80. The van der Waals surface area contributed by atoms with Gasteiger partial charge in [0.15, 0.2) is 5.78 Å². The predicted molar refractivity (Wildman–Crippen MR) is 114 cm³/mol. The third kappa shape index (κ3) is 3.30. The molecule has 0 unspecified atom stereocenters. The van der Waals surface area contributed by atoms with E-state index in [1.807, 2.05) is 23.6 Å². The van der Waals surface area contributed by atoms with Gasteiger partial charge in [-0.3, -0.25) is 4.79 Å². The normalized spacial score (nSPS) is 12.0. The van der Waals surface area contributed by atoms with Crippen molar-refractivity contribution in [2.24, 2.45) is 0 Å². The third-order valence-corrected chi connectivity index (χ3v) is 5.98. The van der Waals surface area contributed by atoms with Crippen LogP contribution in [0.1, 0.15) is 20.8 Å². The largest absolute Gasteiger partial charge is 0.512 e. The van der Waals surface area contributed by atoms with Gasteiger partial charge in [-0.1, -0.05) is 22.9 Å². The molecule has 2 heterocycles. The van der Waals surface area contributed by atoms with Gasteiger partial charge in [0.1, 0.15) is 0 Å². The number of carbonyl (C=O) groups excluding carboxylic acids is 1. The Labute approximate surface area is 180 Å². The fourth-order valence-corrected chi connectivity index (χ4v) is 4.42. The van der Waals surface area contributed by atoms with Crippen LogP contribution in [0.5, 0.6) is 0 Å². The van der Waals surface area contributed by atoms with Gasteiger partial charge < -0.3 is 10.1 Å². The molecule has 28 heavy (non-hydrogen) atoms. The molecule has 1 N–H and O–H groups in total. The van der Waals surface area contributed by atoms with Crippen LogP contribution < -0.4 is 0 Å². The molecule has 3 nitrogen and oxygen atoms in total. The predicted octanol–water partition coefficient (Wildman–Crippen LogP) is 6.42. The number of rotatable bonds is 1. The maximum Gasteiger partial charge on any atom is 0.158 e. The van der Waals surface area contributed by atoms with Crippen LogP contribution in [0.15, 0.2) is 60.0 Å². The SMILES string of the molecule is CC(=O)/C(C)=C(/C)O.[Ir].[c-]1cccc2c1c1nccc3sc4cccc2c4c31. The minimum Gasteiger partial charge on any atom is -0.512 e. The third-order valence-electron chi connectivity index (χ3n) is 4.86. The van der Waals surface area contributed by atoms with Gasteiger partial charge in [-0.25, -0.2) is 0 Å². The van der Waals surface area contributed by atoms with Crippen molar-refractivity contribution in [1.82, 2.24) is 4.98 Å². The summed E-state index contributed by atoms with van der Waals surface area (Å²) in [7, 11) is 0. The fourth-order valence-electron chi connectivity index (χ4n) is 3.29. The molecular formula is C23H18IrNO2S-. The first-order valence-corrected chi connectivity index (χ1v) is 9.49. The molecule has 5 aromatic rings. The Balaban J connectivity index is 0.000000218. The van der Waals surface area contributed by atoms with E-state index in [1.165, 1.54) is 44.8 Å². The number of ketones is 1. The molecular weight excluding hydrogens is 547 g/mol. The number of Topliss-reactive ketones (excluding diaryl/α,β-unsaturated/α-hetero) is 1. The maximum absolute atomic E-state index is 10.4. The van der Waals surface area contributed by atoms with Crippen molar-refractivity contribution in [3.63, 3.8) is 0 Å². The topological polar surface area (TPSA) is 50.2 Å². The summed E-state index contributed by atoms with van der Waals surface area (Å²) in [5, 5.41) is 15.0. The fraction of sp³-hybridized carbons (Fsp3) is 0.130. The van der Waals surface area contributed by atoms with Crippen molar-refractivity contribution >= 4 is 59.0 Å². The maximum atomic E-state index is 10.4. The van der Waals surface area contributed by atoms with Crippen LogP contribution in [0.4, 0.5) is 0 Å². The van der Waals surface area contributed by atoms with E-state index >= 15 is 0 Å². The van der Waals surface area contributed by atoms with Crippen LogP contribution in [-0.2, 0) is 24.9 Å². The van der Waals surface area contributed by atoms with Crippen molar-refractivity contribution in [1.29, 1.82) is 0 Å². The van der Waals surface area contributed by atoms with E-state index in [1.54, 1.807) is 6.92 Å². The molecule has 0 bridgehead atoms. The second-order valence-corrected chi connectivity index (χ2v) is 7.62. The van der Waals surface area contributed by atoms with E-state index in [9.17, 15) is 4.79 Å². The number of thiophene rings is 1. The first-order chi connectivity index (χ1) is 13.0. The second-order valence-electron chi connectivity index (χ2n) is 6.54. The number of nitrogens with zero attached hydrogens (tertiary/aromatic N) is 1. The number of benzene rings is 3. The first-order valence-electron chi connectivity index (χ1n) is 8.68. The first kappa shape index (κ1) is 20.4. The van der Waals surface area contributed by atoms with Crippen molar-refractivity contribution in [3.8, 4) is 0 Å². The molecule has 0 spiro atoms. The summed E-state index contributed by atoms with van der Waals surface area (Å²) in [6, 6.07) is 18.2. The number of fused-ring (bicyclic) bond motifs is 3. The molecule has 0 aliphatic heterocycles. The standard InChI is InChI=1S/C17H8NS.C6H10O2.Ir/c1-2-5-12-10(4-1)11-6-3-7-13-15(11)16-14(19-13)8-9-18-17(12)16;1-4(5(2)7)6(3)8;/h1-4,6-9H;7H,1-3H3;/q-1;;/b;5-4-;. The average molecular weight is 565 g/mol. The Hall–Kier alpha value is -2.33.